The van der Waals surface area contributed by atoms with E-state index in [4.69, 9.17) is 9.47 Å². The van der Waals surface area contributed by atoms with Gasteiger partial charge in [-0.3, -0.25) is 9.89 Å². The molecule has 0 aliphatic carbocycles. The second-order valence-corrected chi connectivity index (χ2v) is 7.13. The number of hydrogen-bond donors (Lipinski definition) is 1. The first-order valence-corrected chi connectivity index (χ1v) is 9.94. The lowest BCUT2D eigenvalue weighted by Gasteiger charge is -2.33. The van der Waals surface area contributed by atoms with E-state index in [9.17, 15) is 4.79 Å². The Morgan fingerprint density at radius 2 is 1.93 bits per heavy atom. The van der Waals surface area contributed by atoms with Crippen molar-refractivity contribution in [3.63, 3.8) is 0 Å². The number of nitrogens with zero attached hydrogens (tertiary/aromatic N) is 4. The van der Waals surface area contributed by atoms with Gasteiger partial charge in [0.25, 0.3) is 5.91 Å². The number of nitrogens with one attached hydrogen (secondary N) is 1. The maximum atomic E-state index is 13.1. The Hall–Kier alpha value is -3.16. The van der Waals surface area contributed by atoms with Gasteiger partial charge in [0, 0.05) is 31.4 Å². The van der Waals surface area contributed by atoms with Crippen LogP contribution in [0.5, 0.6) is 11.5 Å². The zero-order valence-corrected chi connectivity index (χ0v) is 16.7. The molecular formula is C21H25N5O3. The lowest BCUT2D eigenvalue weighted by molar-refractivity contribution is -0.140. The van der Waals surface area contributed by atoms with Crippen molar-refractivity contribution in [2.75, 3.05) is 20.2 Å². The number of aromatic amines is 1. The molecule has 1 unspecified atom stereocenters. The number of ether oxygens (including phenoxy) is 2. The van der Waals surface area contributed by atoms with Gasteiger partial charge in [-0.2, -0.15) is 5.10 Å². The molecular weight excluding hydrogens is 370 g/mol. The first-order chi connectivity index (χ1) is 14.2. The summed E-state index contributed by atoms with van der Waals surface area (Å²) in [6.45, 7) is 3.31. The normalized spacial score (nSPS) is 16.0. The molecule has 1 amide bonds. The fourth-order valence-electron chi connectivity index (χ4n) is 3.82. The number of likely N-dealkylation sites (tertiary alicyclic amines) is 1. The molecule has 1 N–H and O–H groups in total. The second-order valence-electron chi connectivity index (χ2n) is 7.13. The smallest absolute Gasteiger partial charge is 0.263 e. The summed E-state index contributed by atoms with van der Waals surface area (Å²) in [5.74, 6) is 1.53. The molecule has 8 nitrogen and oxygen atoms in total. The molecule has 0 radical (unpaired) electrons. The molecule has 0 saturated carbocycles. The summed E-state index contributed by atoms with van der Waals surface area (Å²) in [7, 11) is 1.60. The van der Waals surface area contributed by atoms with Gasteiger partial charge in [-0.1, -0.05) is 19.1 Å². The van der Waals surface area contributed by atoms with Crippen molar-refractivity contribution >= 4 is 17.1 Å². The number of fused-ring (bicyclic) bond motifs is 1. The third-order valence-corrected chi connectivity index (χ3v) is 5.42. The maximum Gasteiger partial charge on any atom is 0.263 e. The average Bonchev–Trinajstić information content (AvgIpc) is 3.21. The maximum absolute atomic E-state index is 13.1. The van der Waals surface area contributed by atoms with Crippen LogP contribution in [0.25, 0.3) is 11.2 Å². The number of carbonyl (C=O) groups is 1. The fourth-order valence-corrected chi connectivity index (χ4v) is 3.82. The molecule has 8 heteroatoms. The molecule has 2 aromatic heterocycles. The number of H-pyrrole nitrogens is 1. The highest BCUT2D eigenvalue weighted by atomic mass is 16.5. The van der Waals surface area contributed by atoms with Crippen LogP contribution in [0.15, 0.2) is 36.7 Å². The minimum Gasteiger partial charge on any atom is -0.493 e. The van der Waals surface area contributed by atoms with E-state index in [1.807, 2.05) is 36.1 Å². The third kappa shape index (κ3) is 3.87. The van der Waals surface area contributed by atoms with Crippen LogP contribution in [-0.2, 0) is 4.79 Å². The molecule has 0 bridgehead atoms. The van der Waals surface area contributed by atoms with E-state index in [0.717, 1.165) is 24.1 Å². The van der Waals surface area contributed by atoms with Crippen LogP contribution in [0.1, 0.15) is 37.8 Å². The Labute approximate surface area is 169 Å². The first-order valence-electron chi connectivity index (χ1n) is 9.94. The van der Waals surface area contributed by atoms with Gasteiger partial charge in [0.05, 0.1) is 12.8 Å². The van der Waals surface area contributed by atoms with Crippen molar-refractivity contribution in [2.45, 2.75) is 38.2 Å². The van der Waals surface area contributed by atoms with Crippen LogP contribution < -0.4 is 9.47 Å². The van der Waals surface area contributed by atoms with E-state index >= 15 is 0 Å². The van der Waals surface area contributed by atoms with Gasteiger partial charge in [-0.25, -0.2) is 9.97 Å². The number of rotatable bonds is 6. The zero-order chi connectivity index (χ0) is 20.2. The number of aromatic nitrogens is 4. The molecule has 29 heavy (non-hydrogen) atoms. The van der Waals surface area contributed by atoms with E-state index < -0.39 is 6.10 Å². The standard InChI is InChI=1S/C21H25N5O3/c1-3-15(29-17-7-5-4-6-16(17)28-2)21(27)26-12-8-14(9-13-26)18-19-20(25-24-18)23-11-10-22-19/h4-7,10-11,14-15H,3,8-9,12-13H2,1-2H3,(H,23,24,25). The second kappa shape index (κ2) is 8.46. The zero-order valence-electron chi connectivity index (χ0n) is 16.7. The van der Waals surface area contributed by atoms with Crippen molar-refractivity contribution < 1.29 is 14.3 Å². The molecule has 1 fully saturated rings. The highest BCUT2D eigenvalue weighted by molar-refractivity contribution is 5.81. The van der Waals surface area contributed by atoms with Crippen LogP contribution in [0.2, 0.25) is 0 Å². The minimum absolute atomic E-state index is 0.0196. The number of amides is 1. The lowest BCUT2D eigenvalue weighted by atomic mass is 9.92. The largest absolute Gasteiger partial charge is 0.493 e. The Balaban J connectivity index is 1.41. The van der Waals surface area contributed by atoms with Crippen molar-refractivity contribution in [3.05, 3.63) is 42.4 Å². The quantitative estimate of drug-likeness (QED) is 0.690. The predicted molar refractivity (Wildman–Crippen MR) is 108 cm³/mol. The molecule has 0 spiro atoms. The summed E-state index contributed by atoms with van der Waals surface area (Å²) in [6, 6.07) is 7.40. The van der Waals surface area contributed by atoms with E-state index in [1.165, 1.54) is 0 Å². The molecule has 152 valence electrons. The van der Waals surface area contributed by atoms with Crippen molar-refractivity contribution in [3.8, 4) is 11.5 Å². The van der Waals surface area contributed by atoms with Crippen LogP contribution in [0.4, 0.5) is 0 Å². The predicted octanol–water partition coefficient (Wildman–Crippen LogP) is 2.93. The number of piperidine rings is 1. The monoisotopic (exact) mass is 395 g/mol. The SMILES string of the molecule is CCC(Oc1ccccc1OC)C(=O)N1CCC(c2[nH]nc3nccnc23)CC1. The number of para-hydroxylation sites is 2. The van der Waals surface area contributed by atoms with Gasteiger partial charge in [0.1, 0.15) is 5.52 Å². The topological polar surface area (TPSA) is 93.2 Å². The summed E-state index contributed by atoms with van der Waals surface area (Å²) in [6.07, 6.45) is 5.09. The van der Waals surface area contributed by atoms with Crippen molar-refractivity contribution in [2.24, 2.45) is 0 Å². The van der Waals surface area contributed by atoms with E-state index in [0.29, 0.717) is 36.7 Å². The van der Waals surface area contributed by atoms with Gasteiger partial charge in [0.2, 0.25) is 0 Å². The molecule has 3 aromatic rings. The molecule has 3 heterocycles. The first kappa shape index (κ1) is 19.2. The van der Waals surface area contributed by atoms with E-state index in [2.05, 4.69) is 20.2 Å². The molecule has 1 saturated heterocycles. The van der Waals surface area contributed by atoms with E-state index in [1.54, 1.807) is 19.5 Å². The fraction of sp³-hybridized carbons (Fsp3) is 0.429. The number of methoxy groups -OCH3 is 1. The number of carbonyl (C=O) groups excluding carboxylic acids is 1. The minimum atomic E-state index is -0.526. The van der Waals surface area contributed by atoms with Crippen molar-refractivity contribution in [1.29, 1.82) is 0 Å². The number of benzene rings is 1. The summed E-state index contributed by atoms with van der Waals surface area (Å²) in [4.78, 5) is 23.6. The number of hydrogen-bond acceptors (Lipinski definition) is 6. The van der Waals surface area contributed by atoms with Gasteiger partial charge < -0.3 is 14.4 Å². The summed E-state index contributed by atoms with van der Waals surface area (Å²) in [5.41, 5.74) is 2.47. The summed E-state index contributed by atoms with van der Waals surface area (Å²) >= 11 is 0. The van der Waals surface area contributed by atoms with Crippen LogP contribution in [-0.4, -0.2) is 57.3 Å². The highest BCUT2D eigenvalue weighted by Crippen LogP contribution is 2.31. The molecule has 1 aliphatic heterocycles. The summed E-state index contributed by atoms with van der Waals surface area (Å²) in [5, 5.41) is 7.33. The molecule has 1 aromatic carbocycles. The molecule has 1 aliphatic rings. The Morgan fingerprint density at radius 3 is 2.66 bits per heavy atom. The van der Waals surface area contributed by atoms with Crippen LogP contribution >= 0.6 is 0 Å². The Bertz CT molecular complexity index is 981. The summed E-state index contributed by atoms with van der Waals surface area (Å²) < 4.78 is 11.3. The van der Waals surface area contributed by atoms with Gasteiger partial charge in [-0.05, 0) is 31.4 Å². The third-order valence-electron chi connectivity index (χ3n) is 5.42. The lowest BCUT2D eigenvalue weighted by Crippen LogP contribution is -2.45. The van der Waals surface area contributed by atoms with Gasteiger partial charge in [0.15, 0.2) is 23.3 Å². The molecule has 4 rings (SSSR count). The highest BCUT2D eigenvalue weighted by Gasteiger charge is 2.31. The van der Waals surface area contributed by atoms with Crippen molar-refractivity contribution in [1.82, 2.24) is 25.1 Å². The Morgan fingerprint density at radius 1 is 1.21 bits per heavy atom. The van der Waals surface area contributed by atoms with Gasteiger partial charge >= 0.3 is 0 Å². The van der Waals surface area contributed by atoms with Gasteiger partial charge in [-0.15, -0.1) is 0 Å². The van der Waals surface area contributed by atoms with Crippen LogP contribution in [0, 0.1) is 0 Å². The van der Waals surface area contributed by atoms with E-state index in [-0.39, 0.29) is 11.8 Å². The van der Waals surface area contributed by atoms with Crippen LogP contribution in [0.3, 0.4) is 0 Å². The Kier molecular flexibility index (Phi) is 5.59. The molecule has 1 atom stereocenters. The average molecular weight is 395 g/mol.